The Morgan fingerprint density at radius 1 is 1.07 bits per heavy atom. The summed E-state index contributed by atoms with van der Waals surface area (Å²) in [6.07, 6.45) is 3.26. The molecule has 0 unspecified atom stereocenters. The van der Waals surface area contributed by atoms with Gasteiger partial charge in [0.05, 0.1) is 16.9 Å². The van der Waals surface area contributed by atoms with Gasteiger partial charge in [0.2, 0.25) is 5.88 Å². The monoisotopic (exact) mass is 548 g/mol. The summed E-state index contributed by atoms with van der Waals surface area (Å²) in [4.78, 5) is 49.9. The first-order valence-electron chi connectivity index (χ1n) is 12.6. The van der Waals surface area contributed by atoms with Crippen LogP contribution in [0.2, 0.25) is 0 Å². The number of carbonyl (C=O) groups excluding carboxylic acids is 1. The van der Waals surface area contributed by atoms with Crippen molar-refractivity contribution >= 4 is 11.6 Å². The summed E-state index contributed by atoms with van der Waals surface area (Å²) in [6.45, 7) is 4.83. The molecule has 206 valence electrons. The zero-order valence-corrected chi connectivity index (χ0v) is 22.0. The first-order chi connectivity index (χ1) is 19.1. The molecule has 0 bridgehead atoms. The Labute approximate surface area is 227 Å². The van der Waals surface area contributed by atoms with Crippen LogP contribution in [0, 0.1) is 11.6 Å². The molecule has 1 aliphatic rings. The topological polar surface area (TPSA) is 111 Å². The number of rotatable bonds is 6. The molecule has 0 radical (unpaired) electrons. The number of benzene rings is 2. The minimum absolute atomic E-state index is 0.0642. The molecule has 10 nitrogen and oxygen atoms in total. The van der Waals surface area contributed by atoms with E-state index in [-0.39, 0.29) is 28.6 Å². The van der Waals surface area contributed by atoms with Gasteiger partial charge < -0.3 is 15.0 Å². The normalized spacial score (nSPS) is 13.2. The number of ether oxygens (including phenoxy) is 1. The zero-order chi connectivity index (χ0) is 28.6. The van der Waals surface area contributed by atoms with Crippen LogP contribution in [0.1, 0.15) is 41.5 Å². The van der Waals surface area contributed by atoms with Crippen molar-refractivity contribution in [3.8, 4) is 17.3 Å². The highest BCUT2D eigenvalue weighted by atomic mass is 19.1. The Balaban J connectivity index is 1.43. The minimum Gasteiger partial charge on any atom is -0.435 e. The Kier molecular flexibility index (Phi) is 7.26. The number of nitrogens with one attached hydrogen (secondary N) is 1. The van der Waals surface area contributed by atoms with E-state index in [0.717, 1.165) is 53.2 Å². The number of nitrogens with zero attached hydrogens (tertiary/aromatic N) is 5. The zero-order valence-electron chi connectivity index (χ0n) is 22.0. The van der Waals surface area contributed by atoms with Gasteiger partial charge in [-0.2, -0.15) is 0 Å². The molecule has 1 aliphatic heterocycles. The van der Waals surface area contributed by atoms with Gasteiger partial charge in [-0.1, -0.05) is 0 Å². The molecule has 3 heterocycles. The van der Waals surface area contributed by atoms with Crippen LogP contribution < -0.4 is 21.3 Å². The molecule has 0 aliphatic carbocycles. The fraction of sp³-hybridized carbons (Fsp3) is 0.250. The Morgan fingerprint density at radius 3 is 2.52 bits per heavy atom. The van der Waals surface area contributed by atoms with Gasteiger partial charge in [0.1, 0.15) is 17.7 Å². The van der Waals surface area contributed by atoms with Crippen molar-refractivity contribution in [1.82, 2.24) is 24.0 Å². The van der Waals surface area contributed by atoms with E-state index < -0.39 is 34.8 Å². The predicted octanol–water partition coefficient (Wildman–Crippen LogP) is 3.68. The van der Waals surface area contributed by atoms with E-state index in [0.29, 0.717) is 6.54 Å². The van der Waals surface area contributed by atoms with E-state index in [4.69, 9.17) is 4.74 Å². The van der Waals surface area contributed by atoms with Crippen LogP contribution in [0.15, 0.2) is 64.6 Å². The summed E-state index contributed by atoms with van der Waals surface area (Å²) in [5.74, 6) is -2.00. The first-order valence-corrected chi connectivity index (χ1v) is 12.6. The van der Waals surface area contributed by atoms with Crippen molar-refractivity contribution in [2.45, 2.75) is 32.9 Å². The first kappa shape index (κ1) is 26.9. The molecule has 0 spiro atoms. The van der Waals surface area contributed by atoms with E-state index >= 15 is 4.39 Å². The highest BCUT2D eigenvalue weighted by Gasteiger charge is 2.22. The number of hydrogen-bond donors (Lipinski definition) is 1. The van der Waals surface area contributed by atoms with Gasteiger partial charge in [-0.05, 0) is 57.3 Å². The number of halogens is 2. The summed E-state index contributed by atoms with van der Waals surface area (Å²) >= 11 is 0. The third kappa shape index (κ3) is 5.25. The van der Waals surface area contributed by atoms with Crippen LogP contribution in [0.4, 0.5) is 14.5 Å². The van der Waals surface area contributed by atoms with Crippen molar-refractivity contribution < 1.29 is 18.3 Å². The molecule has 5 rings (SSSR count). The molecule has 0 saturated carbocycles. The second-order valence-corrected chi connectivity index (χ2v) is 9.74. The SMILES string of the molecule is CC(C)n1cc(C(=O)Nc2ccc(Oc3ncnc4c3CN(C)CC4)c(F)c2)c(=O)n(-c2ccc(F)cc2)c1=O. The molecule has 2 aromatic carbocycles. The second kappa shape index (κ2) is 10.8. The van der Waals surface area contributed by atoms with E-state index in [2.05, 4.69) is 20.2 Å². The third-order valence-electron chi connectivity index (χ3n) is 6.55. The number of carbonyl (C=O) groups is 1. The maximum Gasteiger partial charge on any atom is 0.335 e. The largest absolute Gasteiger partial charge is 0.435 e. The molecule has 1 N–H and O–H groups in total. The molecule has 0 fully saturated rings. The van der Waals surface area contributed by atoms with E-state index in [1.165, 1.54) is 35.2 Å². The number of amides is 1. The molecular formula is C28H26F2N6O4. The van der Waals surface area contributed by atoms with Crippen LogP contribution in [-0.2, 0) is 13.0 Å². The maximum absolute atomic E-state index is 15.0. The molecule has 1 amide bonds. The summed E-state index contributed by atoms with van der Waals surface area (Å²) in [6, 6.07) is 8.18. The van der Waals surface area contributed by atoms with Crippen molar-refractivity contribution in [2.75, 3.05) is 18.9 Å². The summed E-state index contributed by atoms with van der Waals surface area (Å²) in [5, 5.41) is 2.50. The van der Waals surface area contributed by atoms with Crippen LogP contribution >= 0.6 is 0 Å². The highest BCUT2D eigenvalue weighted by molar-refractivity contribution is 6.03. The maximum atomic E-state index is 15.0. The highest BCUT2D eigenvalue weighted by Crippen LogP contribution is 2.30. The number of hydrogen-bond acceptors (Lipinski definition) is 7. The van der Waals surface area contributed by atoms with Gasteiger partial charge in [-0.3, -0.25) is 14.2 Å². The average Bonchev–Trinajstić information content (AvgIpc) is 2.91. The van der Waals surface area contributed by atoms with Crippen molar-refractivity contribution in [1.29, 1.82) is 0 Å². The Bertz CT molecular complexity index is 1720. The molecule has 0 atom stereocenters. The summed E-state index contributed by atoms with van der Waals surface area (Å²) in [5.41, 5.74) is -0.138. The summed E-state index contributed by atoms with van der Waals surface area (Å²) < 4.78 is 36.3. The van der Waals surface area contributed by atoms with Crippen molar-refractivity contribution in [2.24, 2.45) is 0 Å². The molecule has 2 aromatic heterocycles. The Hall–Kier alpha value is -4.71. The van der Waals surface area contributed by atoms with Gasteiger partial charge >= 0.3 is 5.69 Å². The van der Waals surface area contributed by atoms with Crippen molar-refractivity contribution in [3.63, 3.8) is 0 Å². The van der Waals surface area contributed by atoms with Gasteiger partial charge in [-0.25, -0.2) is 28.1 Å². The quantitative estimate of drug-likeness (QED) is 0.391. The van der Waals surface area contributed by atoms with Gasteiger partial charge in [0, 0.05) is 43.5 Å². The minimum atomic E-state index is -0.898. The van der Waals surface area contributed by atoms with E-state index in [1.54, 1.807) is 13.8 Å². The van der Waals surface area contributed by atoms with Gasteiger partial charge in [-0.15, -0.1) is 0 Å². The van der Waals surface area contributed by atoms with Crippen LogP contribution in [-0.4, -0.2) is 43.5 Å². The molecule has 4 aromatic rings. The van der Waals surface area contributed by atoms with Crippen LogP contribution in [0.3, 0.4) is 0 Å². The Morgan fingerprint density at radius 2 is 1.82 bits per heavy atom. The lowest BCUT2D eigenvalue weighted by Crippen LogP contribution is -2.42. The molecule has 12 heteroatoms. The molecule has 0 saturated heterocycles. The third-order valence-corrected chi connectivity index (χ3v) is 6.55. The number of aromatic nitrogens is 4. The number of fused-ring (bicyclic) bond motifs is 1. The average molecular weight is 549 g/mol. The lowest BCUT2D eigenvalue weighted by atomic mass is 10.1. The van der Waals surface area contributed by atoms with E-state index in [1.807, 2.05) is 7.05 Å². The second-order valence-electron chi connectivity index (χ2n) is 9.74. The lowest BCUT2D eigenvalue weighted by Gasteiger charge is -2.25. The predicted molar refractivity (Wildman–Crippen MR) is 143 cm³/mol. The fourth-order valence-electron chi connectivity index (χ4n) is 4.42. The van der Waals surface area contributed by atoms with Crippen LogP contribution in [0.25, 0.3) is 5.69 Å². The lowest BCUT2D eigenvalue weighted by molar-refractivity contribution is 0.102. The number of likely N-dealkylation sites (N-methyl/N-ethyl adjacent to an activating group) is 1. The molecular weight excluding hydrogens is 522 g/mol. The summed E-state index contributed by atoms with van der Waals surface area (Å²) in [7, 11) is 1.96. The van der Waals surface area contributed by atoms with E-state index in [9.17, 15) is 18.8 Å². The standard InChI is InChI=1S/C28H26F2N6O4/c1-16(2)35-14-21(27(38)36(28(35)39)19-7-4-17(29)5-8-19)25(37)33-18-6-9-24(22(30)12-18)40-26-20-13-34(3)11-10-23(20)31-15-32-26/h4-9,12,14-16H,10-11,13H2,1-3H3,(H,33,37). The smallest absolute Gasteiger partial charge is 0.335 e. The number of anilines is 1. The van der Waals surface area contributed by atoms with Crippen LogP contribution in [0.5, 0.6) is 11.6 Å². The fourth-order valence-corrected chi connectivity index (χ4v) is 4.42. The van der Waals surface area contributed by atoms with Gasteiger partial charge in [0.25, 0.3) is 11.5 Å². The molecule has 40 heavy (non-hydrogen) atoms. The van der Waals surface area contributed by atoms with Gasteiger partial charge in [0.15, 0.2) is 11.6 Å². The van der Waals surface area contributed by atoms with Crippen molar-refractivity contribution in [3.05, 3.63) is 104 Å².